The molecule has 13 heavy (non-hydrogen) atoms. The summed E-state index contributed by atoms with van der Waals surface area (Å²) in [6.45, 7) is 3.32. The number of aliphatic carboxylic acids is 1. The summed E-state index contributed by atoms with van der Waals surface area (Å²) in [4.78, 5) is 21.9. The third-order valence-electron chi connectivity index (χ3n) is 1.41. The van der Waals surface area contributed by atoms with Crippen molar-refractivity contribution in [3.05, 3.63) is 12.7 Å². The molecule has 0 aliphatic rings. The van der Waals surface area contributed by atoms with Crippen molar-refractivity contribution < 1.29 is 19.8 Å². The quantitative estimate of drug-likeness (QED) is 0.452. The molecule has 0 rings (SSSR count). The first-order chi connectivity index (χ1) is 6.04. The second-order valence-electron chi connectivity index (χ2n) is 2.26. The van der Waals surface area contributed by atoms with E-state index in [0.717, 1.165) is 4.90 Å². The first-order valence-corrected chi connectivity index (χ1v) is 4.12. The highest BCUT2D eigenvalue weighted by Gasteiger charge is 2.26. The van der Waals surface area contributed by atoms with E-state index in [1.54, 1.807) is 0 Å². The average Bonchev–Trinajstić information content (AvgIpc) is 2.03. The Bertz CT molecular complexity index is 219. The van der Waals surface area contributed by atoms with Gasteiger partial charge in [0.2, 0.25) is 0 Å². The molecule has 0 aromatic carbocycles. The van der Waals surface area contributed by atoms with Crippen molar-refractivity contribution in [1.29, 1.82) is 0 Å². The van der Waals surface area contributed by atoms with Crippen LogP contribution in [0.1, 0.15) is 0 Å². The molecule has 1 atom stereocenters. The van der Waals surface area contributed by atoms with Crippen LogP contribution in [0.4, 0.5) is 4.79 Å². The molecule has 0 unspecified atom stereocenters. The first kappa shape index (κ1) is 11.8. The molecule has 2 N–H and O–H groups in total. The predicted octanol–water partition coefficient (Wildman–Crippen LogP) is 0.535. The molecule has 5 nitrogen and oxygen atoms in total. The van der Waals surface area contributed by atoms with Gasteiger partial charge in [0, 0.05) is 12.3 Å². The lowest BCUT2D eigenvalue weighted by Gasteiger charge is -2.23. The zero-order chi connectivity index (χ0) is 10.4. The number of hydrogen-bond acceptors (Lipinski definition) is 3. The molecular weight excluding hydrogens is 194 g/mol. The fourth-order valence-electron chi connectivity index (χ4n) is 0.788. The normalized spacial score (nSPS) is 11.8. The van der Waals surface area contributed by atoms with E-state index in [-0.39, 0.29) is 12.3 Å². The molecule has 6 heteroatoms. The van der Waals surface area contributed by atoms with Crippen molar-refractivity contribution in [3.8, 4) is 0 Å². The van der Waals surface area contributed by atoms with Gasteiger partial charge in [0.1, 0.15) is 6.04 Å². The van der Waals surface area contributed by atoms with Gasteiger partial charge < -0.3 is 10.2 Å². The number of amides is 1. The van der Waals surface area contributed by atoms with E-state index >= 15 is 0 Å². The van der Waals surface area contributed by atoms with Gasteiger partial charge in [-0.05, 0) is 0 Å². The SMILES string of the molecule is C=CCN(C(=O)O)[C@H](CS)C(=O)O. The second kappa shape index (κ2) is 5.47. The minimum absolute atomic E-state index is 0.0210. The van der Waals surface area contributed by atoms with Crippen molar-refractivity contribution in [2.75, 3.05) is 12.3 Å². The Morgan fingerprint density at radius 2 is 2.08 bits per heavy atom. The molecule has 74 valence electrons. The van der Waals surface area contributed by atoms with Crippen molar-refractivity contribution in [1.82, 2.24) is 4.90 Å². The molecule has 0 spiro atoms. The van der Waals surface area contributed by atoms with Gasteiger partial charge in [-0.3, -0.25) is 4.90 Å². The van der Waals surface area contributed by atoms with Crippen LogP contribution in [0.3, 0.4) is 0 Å². The molecule has 0 aromatic rings. The largest absolute Gasteiger partial charge is 0.480 e. The monoisotopic (exact) mass is 205 g/mol. The summed E-state index contributed by atoms with van der Waals surface area (Å²) in [7, 11) is 0. The molecule has 0 aliphatic heterocycles. The van der Waals surface area contributed by atoms with Crippen LogP contribution in [0, 0.1) is 0 Å². The highest BCUT2D eigenvalue weighted by Crippen LogP contribution is 2.03. The average molecular weight is 205 g/mol. The Morgan fingerprint density at radius 1 is 1.54 bits per heavy atom. The van der Waals surface area contributed by atoms with Crippen LogP contribution < -0.4 is 0 Å². The maximum atomic E-state index is 10.6. The molecule has 0 aromatic heterocycles. The Hall–Kier alpha value is -1.17. The van der Waals surface area contributed by atoms with Crippen LogP contribution in [0.15, 0.2) is 12.7 Å². The van der Waals surface area contributed by atoms with Gasteiger partial charge in [0.05, 0.1) is 0 Å². The fraction of sp³-hybridized carbons (Fsp3) is 0.429. The van der Waals surface area contributed by atoms with E-state index < -0.39 is 18.1 Å². The number of carbonyl (C=O) groups is 2. The van der Waals surface area contributed by atoms with E-state index in [0.29, 0.717) is 0 Å². The van der Waals surface area contributed by atoms with E-state index in [9.17, 15) is 9.59 Å². The molecule has 0 heterocycles. The predicted molar refractivity (Wildman–Crippen MR) is 50.2 cm³/mol. The molecule has 1 amide bonds. The van der Waals surface area contributed by atoms with Gasteiger partial charge in [0.25, 0.3) is 0 Å². The minimum atomic E-state index is -1.29. The van der Waals surface area contributed by atoms with Crippen molar-refractivity contribution in [2.45, 2.75) is 6.04 Å². The lowest BCUT2D eigenvalue weighted by molar-refractivity contribution is -0.141. The van der Waals surface area contributed by atoms with Gasteiger partial charge in [-0.15, -0.1) is 6.58 Å². The van der Waals surface area contributed by atoms with Gasteiger partial charge in [-0.1, -0.05) is 6.08 Å². The first-order valence-electron chi connectivity index (χ1n) is 3.48. The number of carboxylic acid groups (broad SMARTS) is 2. The zero-order valence-corrected chi connectivity index (χ0v) is 7.78. The molecule has 0 bridgehead atoms. The number of hydrogen-bond donors (Lipinski definition) is 3. The standard InChI is InChI=1S/C7H11NO4S/c1-2-3-8(7(11)12)5(4-13)6(9)10/h2,5,13H,1,3-4H2,(H,9,10)(H,11,12)/t5-/m1/s1. The van der Waals surface area contributed by atoms with Crippen LogP contribution >= 0.6 is 12.6 Å². The number of thiol groups is 1. The summed E-state index contributed by atoms with van der Waals surface area (Å²) in [5.74, 6) is -1.27. The highest BCUT2D eigenvalue weighted by atomic mass is 32.1. The Kier molecular flexibility index (Phi) is 4.98. The second-order valence-corrected chi connectivity index (χ2v) is 2.63. The summed E-state index contributed by atoms with van der Waals surface area (Å²) in [6, 6.07) is -1.13. The molecule has 0 fully saturated rings. The lowest BCUT2D eigenvalue weighted by atomic mass is 10.3. The van der Waals surface area contributed by atoms with E-state index in [1.165, 1.54) is 6.08 Å². The summed E-state index contributed by atoms with van der Waals surface area (Å²) in [5.41, 5.74) is 0. The smallest absolute Gasteiger partial charge is 0.408 e. The van der Waals surface area contributed by atoms with Gasteiger partial charge in [0.15, 0.2) is 0 Å². The molecule has 0 aliphatic carbocycles. The fourth-order valence-corrected chi connectivity index (χ4v) is 1.14. The van der Waals surface area contributed by atoms with Crippen LogP contribution in [-0.4, -0.2) is 45.5 Å². The van der Waals surface area contributed by atoms with Gasteiger partial charge in [-0.25, -0.2) is 9.59 Å². The van der Waals surface area contributed by atoms with Crippen LogP contribution in [-0.2, 0) is 4.79 Å². The molecule has 0 radical (unpaired) electrons. The van der Waals surface area contributed by atoms with Crippen molar-refractivity contribution >= 4 is 24.7 Å². The number of rotatable bonds is 5. The zero-order valence-electron chi connectivity index (χ0n) is 6.88. The molecule has 0 saturated carbocycles. The molecular formula is C7H11NO4S. The summed E-state index contributed by atoms with van der Waals surface area (Å²) >= 11 is 3.76. The molecule has 0 saturated heterocycles. The van der Waals surface area contributed by atoms with E-state index in [2.05, 4.69) is 19.2 Å². The van der Waals surface area contributed by atoms with E-state index in [4.69, 9.17) is 10.2 Å². The van der Waals surface area contributed by atoms with Gasteiger partial charge in [-0.2, -0.15) is 12.6 Å². The van der Waals surface area contributed by atoms with Crippen LogP contribution in [0.5, 0.6) is 0 Å². The maximum absolute atomic E-state index is 10.6. The van der Waals surface area contributed by atoms with Crippen molar-refractivity contribution in [2.24, 2.45) is 0 Å². The number of carboxylic acids is 1. The third kappa shape index (κ3) is 3.37. The summed E-state index contributed by atoms with van der Waals surface area (Å²) < 4.78 is 0. The maximum Gasteiger partial charge on any atom is 0.408 e. The number of nitrogens with zero attached hydrogens (tertiary/aromatic N) is 1. The highest BCUT2D eigenvalue weighted by molar-refractivity contribution is 7.80. The van der Waals surface area contributed by atoms with Crippen LogP contribution in [0.25, 0.3) is 0 Å². The van der Waals surface area contributed by atoms with Crippen LogP contribution in [0.2, 0.25) is 0 Å². The Labute approximate surface area is 81.1 Å². The Balaban J connectivity index is 4.57. The summed E-state index contributed by atoms with van der Waals surface area (Å²) in [5, 5.41) is 17.3. The van der Waals surface area contributed by atoms with Crippen molar-refractivity contribution in [3.63, 3.8) is 0 Å². The lowest BCUT2D eigenvalue weighted by Crippen LogP contribution is -2.45. The minimum Gasteiger partial charge on any atom is -0.480 e. The third-order valence-corrected chi connectivity index (χ3v) is 1.75. The summed E-state index contributed by atoms with van der Waals surface area (Å²) in [6.07, 6.45) is 0.0365. The Morgan fingerprint density at radius 3 is 2.31 bits per heavy atom. The van der Waals surface area contributed by atoms with E-state index in [1.807, 2.05) is 0 Å². The topological polar surface area (TPSA) is 77.8 Å². The van der Waals surface area contributed by atoms with Gasteiger partial charge >= 0.3 is 12.1 Å².